The molecule has 0 amide bonds. The van der Waals surface area contributed by atoms with Crippen LogP contribution in [0.3, 0.4) is 0 Å². The number of nitriles is 1. The molecule has 1 fully saturated rings. The molecule has 4 N–H and O–H groups in total. The number of anilines is 1. The minimum Gasteiger partial charge on any atom is -0.382 e. The summed E-state index contributed by atoms with van der Waals surface area (Å²) >= 11 is 0. The van der Waals surface area contributed by atoms with Gasteiger partial charge < -0.3 is 20.3 Å². The topological polar surface area (TPSA) is 156 Å². The zero-order valence-corrected chi connectivity index (χ0v) is 13.6. The Morgan fingerprint density at radius 2 is 2.38 bits per heavy atom. The van der Waals surface area contributed by atoms with Gasteiger partial charge in [-0.05, 0) is 18.6 Å². The van der Waals surface area contributed by atoms with Crippen LogP contribution in [0.2, 0.25) is 0 Å². The van der Waals surface area contributed by atoms with E-state index in [1.165, 1.54) is 10.8 Å². The van der Waals surface area contributed by atoms with Crippen molar-refractivity contribution in [1.29, 1.82) is 5.26 Å². The Morgan fingerprint density at radius 1 is 1.62 bits per heavy atom. The summed E-state index contributed by atoms with van der Waals surface area (Å²) in [6.45, 7) is 1.52. The summed E-state index contributed by atoms with van der Waals surface area (Å²) in [6, 6.07) is 5.56. The van der Waals surface area contributed by atoms with Crippen LogP contribution in [-0.4, -0.2) is 37.1 Å². The van der Waals surface area contributed by atoms with Gasteiger partial charge in [-0.15, -0.1) is 0 Å². The van der Waals surface area contributed by atoms with Crippen LogP contribution in [0.4, 0.5) is 5.82 Å². The lowest BCUT2D eigenvalue weighted by molar-refractivity contribution is -0.0418. The third kappa shape index (κ3) is 2.77. The number of aromatic nitrogens is 3. The Hall–Kier alpha value is -2.02. The van der Waals surface area contributed by atoms with E-state index in [1.807, 2.05) is 6.92 Å². The van der Waals surface area contributed by atoms with E-state index in [1.54, 1.807) is 12.1 Å². The van der Waals surface area contributed by atoms with E-state index in [2.05, 4.69) is 20.7 Å². The molecule has 0 aliphatic carbocycles. The lowest BCUT2D eigenvalue weighted by atomic mass is 9.87. The average molecular weight is 353 g/mol. The molecule has 24 heavy (non-hydrogen) atoms. The monoisotopic (exact) mass is 353 g/mol. The van der Waals surface area contributed by atoms with Gasteiger partial charge in [-0.25, -0.2) is 14.1 Å². The highest BCUT2D eigenvalue weighted by molar-refractivity contribution is 7.46. The fourth-order valence-electron chi connectivity index (χ4n) is 3.01. The number of hydrogen-bond acceptors (Lipinski definition) is 7. The molecule has 0 aromatic carbocycles. The second-order valence-electron chi connectivity index (χ2n) is 5.67. The molecule has 2 aromatic rings. The number of hydrogen-bond donors (Lipinski definition) is 3. The summed E-state index contributed by atoms with van der Waals surface area (Å²) in [5.41, 5.74) is 5.52. The summed E-state index contributed by atoms with van der Waals surface area (Å²) < 4.78 is 22.7. The molecule has 0 spiro atoms. The summed E-state index contributed by atoms with van der Waals surface area (Å²) in [5.74, 6) is 0.0264. The van der Waals surface area contributed by atoms with Gasteiger partial charge in [0.2, 0.25) is 0 Å². The fraction of sp³-hybridized carbons (Fsp3) is 0.462. The van der Waals surface area contributed by atoms with Gasteiger partial charge in [0.05, 0.1) is 18.4 Å². The minimum absolute atomic E-state index is 0.248. The first kappa shape index (κ1) is 16.8. The molecule has 10 nitrogen and oxygen atoms in total. The van der Waals surface area contributed by atoms with Crippen LogP contribution in [0.25, 0.3) is 5.52 Å². The molecule has 11 heteroatoms. The average Bonchev–Trinajstić information content (AvgIpc) is 3.07. The van der Waals surface area contributed by atoms with Crippen LogP contribution in [0.15, 0.2) is 18.5 Å². The minimum atomic E-state index is -4.60. The number of rotatable bonds is 4. The van der Waals surface area contributed by atoms with Crippen molar-refractivity contribution >= 4 is 19.2 Å². The third-order valence-electron chi connectivity index (χ3n) is 4.12. The van der Waals surface area contributed by atoms with Gasteiger partial charge >= 0.3 is 7.82 Å². The number of phosphoric ester groups is 1. The summed E-state index contributed by atoms with van der Waals surface area (Å²) in [5, 5.41) is 13.9. The molecule has 2 aromatic heterocycles. The number of phosphoric acid groups is 1. The maximum atomic E-state index is 10.9. The van der Waals surface area contributed by atoms with Crippen molar-refractivity contribution in [2.75, 3.05) is 12.3 Å². The predicted octanol–water partition coefficient (Wildman–Crippen LogP) is 0.565. The molecule has 0 radical (unpaired) electrons. The maximum Gasteiger partial charge on any atom is 0.469 e. The lowest BCUT2D eigenvalue weighted by Gasteiger charge is -2.25. The van der Waals surface area contributed by atoms with Crippen LogP contribution in [-0.2, 0) is 19.4 Å². The third-order valence-corrected chi connectivity index (χ3v) is 4.61. The number of nitrogens with zero attached hydrogens (tertiary/aromatic N) is 4. The lowest BCUT2D eigenvalue weighted by Crippen LogP contribution is -2.32. The summed E-state index contributed by atoms with van der Waals surface area (Å²) in [7, 11) is -4.60. The second-order valence-corrected chi connectivity index (χ2v) is 6.91. The molecular weight excluding hydrogens is 337 g/mol. The Labute approximate surface area is 137 Å². The van der Waals surface area contributed by atoms with Gasteiger partial charge in [0.1, 0.15) is 17.9 Å². The van der Waals surface area contributed by atoms with E-state index in [0.717, 1.165) is 0 Å². The van der Waals surface area contributed by atoms with Crippen molar-refractivity contribution in [2.24, 2.45) is 5.92 Å². The molecule has 0 saturated carbocycles. The largest absolute Gasteiger partial charge is 0.469 e. The molecular formula is C13H16N5O5P. The van der Waals surface area contributed by atoms with Crippen LogP contribution >= 0.6 is 7.82 Å². The Bertz CT molecular complexity index is 858. The Morgan fingerprint density at radius 3 is 3.04 bits per heavy atom. The predicted molar refractivity (Wildman–Crippen MR) is 81.3 cm³/mol. The smallest absolute Gasteiger partial charge is 0.382 e. The number of ether oxygens (including phenoxy) is 1. The summed E-state index contributed by atoms with van der Waals surface area (Å²) in [4.78, 5) is 21.5. The van der Waals surface area contributed by atoms with Crippen molar-refractivity contribution < 1.29 is 23.6 Å². The molecule has 128 valence electrons. The standard InChI is InChI=1S/C13H16N5O5P/c1-8-4-9(5-22-24(19,20)21)23-13(8,6-14)11-3-2-10-12(15)16-7-17-18(10)11/h2-3,7-9H,4-5H2,1H3,(H2,15,16,17)(H2,19,20,21)/t8-,9-,13+/m0/s1. The van der Waals surface area contributed by atoms with Gasteiger partial charge in [-0.3, -0.25) is 4.52 Å². The first-order valence-electron chi connectivity index (χ1n) is 7.14. The highest BCUT2D eigenvalue weighted by Crippen LogP contribution is 2.45. The van der Waals surface area contributed by atoms with Crippen molar-refractivity contribution in [3.63, 3.8) is 0 Å². The fourth-order valence-corrected chi connectivity index (χ4v) is 3.37. The first-order valence-corrected chi connectivity index (χ1v) is 8.67. The molecule has 3 atom stereocenters. The zero-order valence-electron chi connectivity index (χ0n) is 12.7. The van der Waals surface area contributed by atoms with Crippen LogP contribution in [0.5, 0.6) is 0 Å². The van der Waals surface area contributed by atoms with E-state index in [4.69, 9.17) is 20.3 Å². The summed E-state index contributed by atoms with van der Waals surface area (Å²) in [6.07, 6.45) is 1.06. The van der Waals surface area contributed by atoms with Crippen molar-refractivity contribution in [3.05, 3.63) is 24.2 Å². The van der Waals surface area contributed by atoms with E-state index >= 15 is 0 Å². The first-order chi connectivity index (χ1) is 11.3. The molecule has 0 bridgehead atoms. The Kier molecular flexibility index (Phi) is 4.07. The highest BCUT2D eigenvalue weighted by Gasteiger charge is 2.50. The number of nitrogen functional groups attached to an aromatic ring is 1. The molecule has 1 aliphatic heterocycles. The van der Waals surface area contributed by atoms with Crippen LogP contribution < -0.4 is 5.73 Å². The van der Waals surface area contributed by atoms with E-state index in [-0.39, 0.29) is 18.3 Å². The van der Waals surface area contributed by atoms with Gasteiger partial charge in [-0.1, -0.05) is 6.92 Å². The quantitative estimate of drug-likeness (QED) is 0.668. The zero-order chi connectivity index (χ0) is 17.5. The molecule has 1 aliphatic rings. The Balaban J connectivity index is 1.96. The van der Waals surface area contributed by atoms with Crippen LogP contribution in [0, 0.1) is 17.2 Å². The van der Waals surface area contributed by atoms with Gasteiger partial charge in [0.15, 0.2) is 11.4 Å². The molecule has 3 heterocycles. The van der Waals surface area contributed by atoms with Crippen molar-refractivity contribution in [1.82, 2.24) is 14.6 Å². The molecule has 3 rings (SSSR count). The maximum absolute atomic E-state index is 10.9. The van der Waals surface area contributed by atoms with E-state index in [0.29, 0.717) is 17.6 Å². The van der Waals surface area contributed by atoms with Crippen molar-refractivity contribution in [3.8, 4) is 6.07 Å². The van der Waals surface area contributed by atoms with Crippen molar-refractivity contribution in [2.45, 2.75) is 25.0 Å². The number of fused-ring (bicyclic) bond motifs is 1. The van der Waals surface area contributed by atoms with E-state index in [9.17, 15) is 9.83 Å². The SMILES string of the molecule is C[C@H]1C[C@@H](COP(=O)(O)O)O[C@@]1(C#N)c1ccc2c(N)ncnn12. The normalized spacial score (nSPS) is 27.4. The van der Waals surface area contributed by atoms with Gasteiger partial charge in [0.25, 0.3) is 0 Å². The van der Waals surface area contributed by atoms with Gasteiger partial charge in [-0.2, -0.15) is 10.4 Å². The van der Waals surface area contributed by atoms with E-state index < -0.39 is 19.5 Å². The van der Waals surface area contributed by atoms with Gasteiger partial charge in [0, 0.05) is 5.92 Å². The molecule has 0 unspecified atom stereocenters. The van der Waals surface area contributed by atoms with Crippen LogP contribution in [0.1, 0.15) is 19.0 Å². The number of nitrogens with two attached hydrogens (primary N) is 1. The second kappa shape index (κ2) is 5.81. The molecule has 1 saturated heterocycles. The highest BCUT2D eigenvalue weighted by atomic mass is 31.2.